The van der Waals surface area contributed by atoms with Crippen LogP contribution < -0.4 is 0 Å². The van der Waals surface area contributed by atoms with Gasteiger partial charge in [-0.25, -0.2) is 0 Å². The van der Waals surface area contributed by atoms with Gasteiger partial charge < -0.3 is 10.0 Å². The zero-order valence-corrected chi connectivity index (χ0v) is 12.5. The predicted octanol–water partition coefficient (Wildman–Crippen LogP) is 1.75. The van der Waals surface area contributed by atoms with Gasteiger partial charge in [-0.15, -0.1) is 11.3 Å². The second-order valence-electron chi connectivity index (χ2n) is 5.41. The number of aliphatic hydroxyl groups excluding tert-OH is 1. The van der Waals surface area contributed by atoms with E-state index in [4.69, 9.17) is 0 Å². The van der Waals surface area contributed by atoms with Crippen LogP contribution in [-0.2, 0) is 17.6 Å². The number of nitrogens with zero attached hydrogens (tertiary/aromatic N) is 2. The van der Waals surface area contributed by atoms with Gasteiger partial charge in [0.15, 0.2) is 0 Å². The molecule has 1 amide bonds. The lowest BCUT2D eigenvalue weighted by molar-refractivity contribution is -0.129. The Morgan fingerprint density at radius 2 is 2.24 bits per heavy atom. The molecule has 5 heteroatoms. The van der Waals surface area contributed by atoms with Crippen molar-refractivity contribution in [3.05, 3.63) is 52.5 Å². The fourth-order valence-corrected chi connectivity index (χ4v) is 3.42. The SMILES string of the molecule is O=C(Cc1cccs1)N1C[C@@H](Cc2ccccn2)[C@H](O)C1. The third-order valence-electron chi connectivity index (χ3n) is 3.86. The summed E-state index contributed by atoms with van der Waals surface area (Å²) in [7, 11) is 0. The van der Waals surface area contributed by atoms with Gasteiger partial charge in [0.25, 0.3) is 0 Å². The van der Waals surface area contributed by atoms with Crippen molar-refractivity contribution in [1.82, 2.24) is 9.88 Å². The molecule has 21 heavy (non-hydrogen) atoms. The first kappa shape index (κ1) is 14.2. The predicted molar refractivity (Wildman–Crippen MR) is 82.0 cm³/mol. The molecule has 0 unspecified atom stereocenters. The average molecular weight is 302 g/mol. The Bertz CT molecular complexity index is 586. The summed E-state index contributed by atoms with van der Waals surface area (Å²) in [5, 5.41) is 12.2. The van der Waals surface area contributed by atoms with Gasteiger partial charge >= 0.3 is 0 Å². The molecule has 0 bridgehead atoms. The molecule has 0 spiro atoms. The van der Waals surface area contributed by atoms with Gasteiger partial charge in [-0.2, -0.15) is 0 Å². The third-order valence-corrected chi connectivity index (χ3v) is 4.74. The average Bonchev–Trinajstić information content (AvgIpc) is 3.11. The van der Waals surface area contributed by atoms with Gasteiger partial charge in [-0.1, -0.05) is 12.1 Å². The maximum atomic E-state index is 12.3. The lowest BCUT2D eigenvalue weighted by atomic mass is 10.00. The first-order valence-corrected chi connectivity index (χ1v) is 7.98. The summed E-state index contributed by atoms with van der Waals surface area (Å²) in [5.41, 5.74) is 0.967. The maximum absolute atomic E-state index is 12.3. The number of hydrogen-bond acceptors (Lipinski definition) is 4. The number of hydrogen-bond donors (Lipinski definition) is 1. The van der Waals surface area contributed by atoms with E-state index >= 15 is 0 Å². The number of carbonyl (C=O) groups is 1. The number of aromatic nitrogens is 1. The number of carbonyl (C=O) groups excluding carboxylic acids is 1. The summed E-state index contributed by atoms with van der Waals surface area (Å²) in [6.07, 6.45) is 2.45. The lowest BCUT2D eigenvalue weighted by Gasteiger charge is -2.15. The normalized spacial score (nSPS) is 21.7. The molecule has 0 saturated carbocycles. The zero-order valence-electron chi connectivity index (χ0n) is 11.7. The zero-order chi connectivity index (χ0) is 14.7. The summed E-state index contributed by atoms with van der Waals surface area (Å²) in [6, 6.07) is 9.72. The van der Waals surface area contributed by atoms with Crippen LogP contribution in [0.5, 0.6) is 0 Å². The molecular weight excluding hydrogens is 284 g/mol. The summed E-state index contributed by atoms with van der Waals surface area (Å²) < 4.78 is 0. The van der Waals surface area contributed by atoms with E-state index in [2.05, 4.69) is 4.98 Å². The van der Waals surface area contributed by atoms with E-state index in [1.54, 1.807) is 22.4 Å². The van der Waals surface area contributed by atoms with Gasteiger partial charge in [0, 0.05) is 35.8 Å². The topological polar surface area (TPSA) is 53.4 Å². The summed E-state index contributed by atoms with van der Waals surface area (Å²) in [6.45, 7) is 1.05. The molecule has 3 heterocycles. The van der Waals surface area contributed by atoms with Crippen molar-refractivity contribution in [1.29, 1.82) is 0 Å². The molecule has 1 aliphatic heterocycles. The fourth-order valence-electron chi connectivity index (χ4n) is 2.72. The number of amides is 1. The van der Waals surface area contributed by atoms with Crippen molar-refractivity contribution in [3.8, 4) is 0 Å². The van der Waals surface area contributed by atoms with Gasteiger partial charge in [-0.3, -0.25) is 9.78 Å². The molecule has 2 aromatic heterocycles. The Balaban J connectivity index is 1.59. The van der Waals surface area contributed by atoms with Crippen LogP contribution in [0.4, 0.5) is 0 Å². The highest BCUT2D eigenvalue weighted by Crippen LogP contribution is 2.22. The van der Waals surface area contributed by atoms with Gasteiger partial charge in [0.2, 0.25) is 5.91 Å². The molecule has 1 aliphatic rings. The molecule has 0 aromatic carbocycles. The molecule has 4 nitrogen and oxygen atoms in total. The Morgan fingerprint density at radius 3 is 2.95 bits per heavy atom. The fraction of sp³-hybridized carbons (Fsp3) is 0.375. The van der Waals surface area contributed by atoms with E-state index in [0.717, 1.165) is 10.6 Å². The monoisotopic (exact) mass is 302 g/mol. The van der Waals surface area contributed by atoms with Crippen LogP contribution in [0.3, 0.4) is 0 Å². The van der Waals surface area contributed by atoms with Crippen molar-refractivity contribution in [3.63, 3.8) is 0 Å². The van der Waals surface area contributed by atoms with E-state index in [-0.39, 0.29) is 11.8 Å². The van der Waals surface area contributed by atoms with Crippen LogP contribution in [0.1, 0.15) is 10.6 Å². The van der Waals surface area contributed by atoms with Crippen LogP contribution >= 0.6 is 11.3 Å². The van der Waals surface area contributed by atoms with Gasteiger partial charge in [0.05, 0.1) is 12.5 Å². The largest absolute Gasteiger partial charge is 0.391 e. The quantitative estimate of drug-likeness (QED) is 0.936. The molecule has 0 aliphatic carbocycles. The van der Waals surface area contributed by atoms with E-state index < -0.39 is 6.10 Å². The van der Waals surface area contributed by atoms with Crippen LogP contribution in [0.2, 0.25) is 0 Å². The van der Waals surface area contributed by atoms with Crippen molar-refractivity contribution in [2.24, 2.45) is 5.92 Å². The number of rotatable bonds is 4. The Labute approximate surface area is 128 Å². The molecule has 3 rings (SSSR count). The van der Waals surface area contributed by atoms with Crippen molar-refractivity contribution >= 4 is 17.2 Å². The first-order chi connectivity index (χ1) is 10.2. The summed E-state index contributed by atoms with van der Waals surface area (Å²) >= 11 is 1.59. The molecule has 1 fully saturated rings. The van der Waals surface area contributed by atoms with E-state index in [1.165, 1.54) is 0 Å². The molecule has 2 aromatic rings. The summed E-state index contributed by atoms with van der Waals surface area (Å²) in [5.74, 6) is 0.173. The molecule has 0 radical (unpaired) electrons. The minimum absolute atomic E-state index is 0.0761. The third kappa shape index (κ3) is 3.49. The van der Waals surface area contributed by atoms with E-state index in [9.17, 15) is 9.90 Å². The second kappa shape index (κ2) is 6.37. The maximum Gasteiger partial charge on any atom is 0.227 e. The van der Waals surface area contributed by atoms with Crippen LogP contribution in [-0.4, -0.2) is 40.1 Å². The van der Waals surface area contributed by atoms with Crippen LogP contribution in [0.25, 0.3) is 0 Å². The van der Waals surface area contributed by atoms with Crippen LogP contribution in [0, 0.1) is 5.92 Å². The van der Waals surface area contributed by atoms with Gasteiger partial charge in [-0.05, 0) is 30.0 Å². The van der Waals surface area contributed by atoms with Gasteiger partial charge in [0.1, 0.15) is 0 Å². The molecule has 110 valence electrons. The minimum atomic E-state index is -0.459. The molecule has 2 atom stereocenters. The van der Waals surface area contributed by atoms with E-state index in [0.29, 0.717) is 25.9 Å². The Morgan fingerprint density at radius 1 is 1.33 bits per heavy atom. The number of β-amino-alcohol motifs (C(OH)–C–C–N with tert-alkyl or cyclic N) is 1. The Hall–Kier alpha value is -1.72. The van der Waals surface area contributed by atoms with E-state index in [1.807, 2.05) is 35.7 Å². The standard InChI is InChI=1S/C16H18N2O2S/c19-15-11-18(16(20)9-14-5-3-7-21-14)10-12(15)8-13-4-1-2-6-17-13/h1-7,12,15,19H,8-11H2/t12-,15-/m1/s1. The smallest absolute Gasteiger partial charge is 0.227 e. The molecule has 1 saturated heterocycles. The number of pyridine rings is 1. The lowest BCUT2D eigenvalue weighted by Crippen LogP contribution is -2.30. The van der Waals surface area contributed by atoms with Crippen molar-refractivity contribution < 1.29 is 9.90 Å². The molecular formula is C16H18N2O2S. The highest BCUT2D eigenvalue weighted by molar-refractivity contribution is 7.10. The number of aliphatic hydroxyl groups is 1. The minimum Gasteiger partial charge on any atom is -0.391 e. The van der Waals surface area contributed by atoms with Crippen molar-refractivity contribution in [2.75, 3.05) is 13.1 Å². The highest BCUT2D eigenvalue weighted by Gasteiger charge is 2.34. The Kier molecular flexibility index (Phi) is 4.31. The number of thiophene rings is 1. The summed E-state index contributed by atoms with van der Waals surface area (Å²) in [4.78, 5) is 19.4. The second-order valence-corrected chi connectivity index (χ2v) is 6.44. The van der Waals surface area contributed by atoms with Crippen molar-refractivity contribution in [2.45, 2.75) is 18.9 Å². The van der Waals surface area contributed by atoms with Crippen LogP contribution in [0.15, 0.2) is 41.9 Å². The first-order valence-electron chi connectivity index (χ1n) is 7.10. The highest BCUT2D eigenvalue weighted by atomic mass is 32.1. The molecule has 1 N–H and O–H groups in total. The number of likely N-dealkylation sites (tertiary alicyclic amines) is 1.